The van der Waals surface area contributed by atoms with Crippen molar-refractivity contribution in [2.45, 2.75) is 46.1 Å². The van der Waals surface area contributed by atoms with Crippen LogP contribution in [-0.4, -0.2) is 34.5 Å². The number of amides is 1. The Labute approximate surface area is 108 Å². The van der Waals surface area contributed by atoms with Gasteiger partial charge in [-0.3, -0.25) is 9.59 Å². The van der Waals surface area contributed by atoms with Crippen molar-refractivity contribution in [1.82, 2.24) is 4.90 Å². The van der Waals surface area contributed by atoms with Gasteiger partial charge in [-0.2, -0.15) is 0 Å². The minimum atomic E-state index is -0.808. The lowest BCUT2D eigenvalue weighted by atomic mass is 9.94. The van der Waals surface area contributed by atoms with Gasteiger partial charge in [-0.1, -0.05) is 13.8 Å². The molecule has 0 aromatic carbocycles. The first kappa shape index (κ1) is 13.4. The van der Waals surface area contributed by atoms with Gasteiger partial charge in [-0.05, 0) is 38.0 Å². The summed E-state index contributed by atoms with van der Waals surface area (Å²) in [7, 11) is 0. The summed E-state index contributed by atoms with van der Waals surface area (Å²) < 4.78 is 0. The normalized spacial score (nSPS) is 40.2. The topological polar surface area (TPSA) is 57.6 Å². The highest BCUT2D eigenvalue weighted by molar-refractivity contribution is 5.85. The molecule has 1 saturated carbocycles. The van der Waals surface area contributed by atoms with Crippen molar-refractivity contribution < 1.29 is 14.7 Å². The van der Waals surface area contributed by atoms with E-state index < -0.39 is 11.9 Å². The minimum Gasteiger partial charge on any atom is -0.481 e. The van der Waals surface area contributed by atoms with E-state index in [2.05, 4.69) is 13.8 Å². The van der Waals surface area contributed by atoms with Crippen molar-refractivity contribution in [1.29, 1.82) is 0 Å². The van der Waals surface area contributed by atoms with Gasteiger partial charge in [0.05, 0.1) is 11.8 Å². The first-order chi connectivity index (χ1) is 8.40. The molecule has 1 aliphatic carbocycles. The second-order valence-electron chi connectivity index (χ2n) is 6.31. The molecule has 0 spiro atoms. The van der Waals surface area contributed by atoms with Gasteiger partial charge in [0.1, 0.15) is 0 Å². The number of hydrogen-bond donors (Lipinski definition) is 1. The number of carboxylic acids is 1. The molecular weight excluding hydrogens is 230 g/mol. The van der Waals surface area contributed by atoms with Crippen LogP contribution in [0.25, 0.3) is 0 Å². The van der Waals surface area contributed by atoms with E-state index >= 15 is 0 Å². The van der Waals surface area contributed by atoms with E-state index in [9.17, 15) is 14.7 Å². The fourth-order valence-corrected chi connectivity index (χ4v) is 3.66. The summed E-state index contributed by atoms with van der Waals surface area (Å²) in [5, 5.41) is 9.24. The van der Waals surface area contributed by atoms with E-state index in [0.29, 0.717) is 18.3 Å². The second kappa shape index (κ2) is 4.90. The summed E-state index contributed by atoms with van der Waals surface area (Å²) in [4.78, 5) is 25.7. The molecule has 5 atom stereocenters. The summed E-state index contributed by atoms with van der Waals surface area (Å²) >= 11 is 0. The lowest BCUT2D eigenvalue weighted by molar-refractivity contribution is -0.149. The van der Waals surface area contributed by atoms with Crippen LogP contribution in [0.3, 0.4) is 0 Å². The van der Waals surface area contributed by atoms with Crippen LogP contribution in [0.2, 0.25) is 0 Å². The lowest BCUT2D eigenvalue weighted by Gasteiger charge is -2.26. The summed E-state index contributed by atoms with van der Waals surface area (Å²) in [6.45, 7) is 7.04. The molecule has 102 valence electrons. The van der Waals surface area contributed by atoms with Crippen molar-refractivity contribution in [3.63, 3.8) is 0 Å². The van der Waals surface area contributed by atoms with Crippen molar-refractivity contribution >= 4 is 11.9 Å². The molecule has 2 rings (SSSR count). The highest BCUT2D eigenvalue weighted by Gasteiger charge is 2.44. The molecule has 1 amide bonds. The standard InChI is InChI=1S/C14H23NO3/c1-8-5-11(12(6-8)14(17)18)13(16)15-7-9(2)4-10(15)3/h8-12H,4-7H2,1-3H3,(H,17,18). The number of nitrogens with zero attached hydrogens (tertiary/aromatic N) is 1. The van der Waals surface area contributed by atoms with Crippen LogP contribution in [0.15, 0.2) is 0 Å². The predicted molar refractivity (Wildman–Crippen MR) is 68.0 cm³/mol. The third-order valence-electron chi connectivity index (χ3n) is 4.50. The van der Waals surface area contributed by atoms with Crippen LogP contribution >= 0.6 is 0 Å². The SMILES string of the molecule is CC1CC(C(=O)O)C(C(=O)N2CC(C)CC2C)C1. The van der Waals surface area contributed by atoms with Crippen LogP contribution in [0, 0.1) is 23.7 Å². The fourth-order valence-electron chi connectivity index (χ4n) is 3.66. The maximum Gasteiger partial charge on any atom is 0.307 e. The van der Waals surface area contributed by atoms with Crippen LogP contribution in [0.4, 0.5) is 0 Å². The molecule has 4 heteroatoms. The number of carboxylic acid groups (broad SMARTS) is 1. The molecule has 4 nitrogen and oxygen atoms in total. The van der Waals surface area contributed by atoms with Crippen molar-refractivity contribution in [2.24, 2.45) is 23.7 Å². The van der Waals surface area contributed by atoms with Crippen molar-refractivity contribution in [3.8, 4) is 0 Å². The zero-order valence-corrected chi connectivity index (χ0v) is 11.4. The van der Waals surface area contributed by atoms with E-state index in [1.807, 2.05) is 11.8 Å². The maximum absolute atomic E-state index is 12.5. The number of hydrogen-bond acceptors (Lipinski definition) is 2. The molecule has 5 unspecified atom stereocenters. The first-order valence-electron chi connectivity index (χ1n) is 6.93. The predicted octanol–water partition coefficient (Wildman–Crippen LogP) is 1.99. The monoisotopic (exact) mass is 253 g/mol. The van der Waals surface area contributed by atoms with Gasteiger partial charge in [0, 0.05) is 12.6 Å². The fraction of sp³-hybridized carbons (Fsp3) is 0.857. The molecule has 0 radical (unpaired) electrons. The summed E-state index contributed by atoms with van der Waals surface area (Å²) in [6.07, 6.45) is 2.41. The number of aliphatic carboxylic acids is 1. The Kier molecular flexibility index (Phi) is 3.64. The third kappa shape index (κ3) is 2.38. The van der Waals surface area contributed by atoms with E-state index in [4.69, 9.17) is 0 Å². The molecule has 0 bridgehead atoms. The number of carbonyl (C=O) groups is 2. The van der Waals surface area contributed by atoms with Crippen LogP contribution in [-0.2, 0) is 9.59 Å². The molecule has 2 aliphatic rings. The Morgan fingerprint density at radius 3 is 2.11 bits per heavy atom. The number of carbonyl (C=O) groups excluding carboxylic acids is 1. The smallest absolute Gasteiger partial charge is 0.307 e. The third-order valence-corrected chi connectivity index (χ3v) is 4.50. The number of likely N-dealkylation sites (tertiary alicyclic amines) is 1. The van der Waals surface area contributed by atoms with Crippen LogP contribution < -0.4 is 0 Å². The summed E-state index contributed by atoms with van der Waals surface area (Å²) in [5.41, 5.74) is 0. The Bertz CT molecular complexity index is 355. The van der Waals surface area contributed by atoms with Crippen LogP contribution in [0.5, 0.6) is 0 Å². The largest absolute Gasteiger partial charge is 0.481 e. The molecule has 1 saturated heterocycles. The number of rotatable bonds is 2. The molecule has 0 aromatic rings. The maximum atomic E-state index is 12.5. The molecule has 1 heterocycles. The Balaban J connectivity index is 2.10. The molecule has 1 N–H and O–H groups in total. The quantitative estimate of drug-likeness (QED) is 0.818. The van der Waals surface area contributed by atoms with Crippen molar-refractivity contribution in [2.75, 3.05) is 6.54 Å². The van der Waals surface area contributed by atoms with Gasteiger partial charge in [0.25, 0.3) is 0 Å². The molecule has 18 heavy (non-hydrogen) atoms. The van der Waals surface area contributed by atoms with Gasteiger partial charge < -0.3 is 10.0 Å². The summed E-state index contributed by atoms with van der Waals surface area (Å²) in [5.74, 6) is -0.636. The van der Waals surface area contributed by atoms with Gasteiger partial charge in [0.2, 0.25) is 5.91 Å². The van der Waals surface area contributed by atoms with Crippen LogP contribution in [0.1, 0.15) is 40.0 Å². The molecular formula is C14H23NO3. The average molecular weight is 253 g/mol. The Morgan fingerprint density at radius 2 is 1.61 bits per heavy atom. The summed E-state index contributed by atoms with van der Waals surface area (Å²) in [6, 6.07) is 0.262. The van der Waals surface area contributed by atoms with E-state index in [1.165, 1.54) is 0 Å². The highest BCUT2D eigenvalue weighted by Crippen LogP contribution is 2.39. The first-order valence-corrected chi connectivity index (χ1v) is 6.93. The molecule has 1 aliphatic heterocycles. The van der Waals surface area contributed by atoms with Gasteiger partial charge in [-0.15, -0.1) is 0 Å². The lowest BCUT2D eigenvalue weighted by Crippen LogP contribution is -2.41. The second-order valence-corrected chi connectivity index (χ2v) is 6.31. The minimum absolute atomic E-state index is 0.0728. The van der Waals surface area contributed by atoms with E-state index in [-0.39, 0.29) is 17.9 Å². The highest BCUT2D eigenvalue weighted by atomic mass is 16.4. The van der Waals surface area contributed by atoms with Gasteiger partial charge >= 0.3 is 5.97 Å². The van der Waals surface area contributed by atoms with E-state index in [0.717, 1.165) is 19.4 Å². The van der Waals surface area contributed by atoms with E-state index in [1.54, 1.807) is 0 Å². The van der Waals surface area contributed by atoms with Crippen molar-refractivity contribution in [3.05, 3.63) is 0 Å². The molecule has 0 aromatic heterocycles. The average Bonchev–Trinajstić information content (AvgIpc) is 2.81. The molecule has 2 fully saturated rings. The zero-order chi connectivity index (χ0) is 13.4. The zero-order valence-electron chi connectivity index (χ0n) is 11.4. The van der Waals surface area contributed by atoms with Gasteiger partial charge in [0.15, 0.2) is 0 Å². The Hall–Kier alpha value is -1.06. The van der Waals surface area contributed by atoms with Gasteiger partial charge in [-0.25, -0.2) is 0 Å². The Morgan fingerprint density at radius 1 is 1.00 bits per heavy atom.